The van der Waals surface area contributed by atoms with E-state index in [-0.39, 0.29) is 5.91 Å². The van der Waals surface area contributed by atoms with Crippen molar-refractivity contribution in [2.45, 2.75) is 19.8 Å². The normalized spacial score (nSPS) is 10.3. The van der Waals surface area contributed by atoms with Gasteiger partial charge in [-0.25, -0.2) is 0 Å². The number of unbranched alkanes of at least 4 members (excludes halogenated alkanes) is 1. The number of hydrogen-bond acceptors (Lipinski definition) is 2. The van der Waals surface area contributed by atoms with Crippen molar-refractivity contribution in [1.82, 2.24) is 4.90 Å². The maximum Gasteiger partial charge on any atom is 0.255 e. The molecule has 0 aliphatic carbocycles. The van der Waals surface area contributed by atoms with Gasteiger partial charge in [0, 0.05) is 23.4 Å². The van der Waals surface area contributed by atoms with Gasteiger partial charge in [0.1, 0.15) is 5.75 Å². The van der Waals surface area contributed by atoms with Crippen molar-refractivity contribution >= 4 is 33.4 Å². The monoisotopic (exact) mass is 347 g/mol. The van der Waals surface area contributed by atoms with Gasteiger partial charge in [-0.2, -0.15) is 0 Å². The molecule has 0 aliphatic heterocycles. The van der Waals surface area contributed by atoms with Gasteiger partial charge >= 0.3 is 0 Å². The molecule has 1 rings (SSSR count). The van der Waals surface area contributed by atoms with Gasteiger partial charge in [-0.3, -0.25) is 4.79 Å². The first-order valence-corrected chi connectivity index (χ1v) is 7.65. The Hall–Kier alpha value is -0.740. The summed E-state index contributed by atoms with van der Waals surface area (Å²) in [5, 5.41) is 0. The predicted molar refractivity (Wildman–Crippen MR) is 82.2 cm³/mol. The molecule has 1 aromatic carbocycles. The molecule has 0 spiro atoms. The van der Waals surface area contributed by atoms with Crippen molar-refractivity contribution in [3.05, 3.63) is 28.2 Å². The third kappa shape index (κ3) is 4.69. The molecule has 5 heteroatoms. The fraction of sp³-hybridized carbons (Fsp3) is 0.500. The van der Waals surface area contributed by atoms with Crippen LogP contribution in [0.5, 0.6) is 5.75 Å². The minimum atomic E-state index is -0.0140. The summed E-state index contributed by atoms with van der Waals surface area (Å²) in [5.41, 5.74) is 0.612. The summed E-state index contributed by atoms with van der Waals surface area (Å²) >= 11 is 9.19. The fourth-order valence-electron chi connectivity index (χ4n) is 1.73. The van der Waals surface area contributed by atoms with Crippen LogP contribution >= 0.6 is 27.5 Å². The summed E-state index contributed by atoms with van der Waals surface area (Å²) < 4.78 is 5.94. The van der Waals surface area contributed by atoms with E-state index in [0.717, 1.165) is 23.9 Å². The maximum atomic E-state index is 12.5. The second-order valence-electron chi connectivity index (χ2n) is 4.18. The molecule has 0 heterocycles. The number of rotatable bonds is 7. The molecule has 0 N–H and O–H groups in total. The zero-order valence-corrected chi connectivity index (χ0v) is 13.6. The van der Waals surface area contributed by atoms with Crippen LogP contribution in [0.2, 0.25) is 0 Å². The van der Waals surface area contributed by atoms with E-state index in [0.29, 0.717) is 23.7 Å². The summed E-state index contributed by atoms with van der Waals surface area (Å²) in [7, 11) is 1.59. The highest BCUT2D eigenvalue weighted by Gasteiger charge is 2.18. The number of alkyl halides is 1. The summed E-state index contributed by atoms with van der Waals surface area (Å²) in [6.07, 6.45) is 2.02. The van der Waals surface area contributed by atoms with Gasteiger partial charge in [-0.15, -0.1) is 11.6 Å². The zero-order valence-electron chi connectivity index (χ0n) is 11.3. The molecule has 0 atom stereocenters. The van der Waals surface area contributed by atoms with Crippen LogP contribution in [0.3, 0.4) is 0 Å². The Morgan fingerprint density at radius 3 is 2.74 bits per heavy atom. The molecule has 0 fully saturated rings. The van der Waals surface area contributed by atoms with Gasteiger partial charge in [0.15, 0.2) is 0 Å². The van der Waals surface area contributed by atoms with Crippen LogP contribution in [0, 0.1) is 0 Å². The van der Waals surface area contributed by atoms with E-state index < -0.39 is 0 Å². The molecule has 1 aromatic rings. The third-order valence-corrected chi connectivity index (χ3v) is 3.69. The Morgan fingerprint density at radius 1 is 1.42 bits per heavy atom. The Bertz CT molecular complexity index is 426. The average molecular weight is 349 g/mol. The number of carbonyl (C=O) groups is 1. The van der Waals surface area contributed by atoms with Crippen LogP contribution in [0.1, 0.15) is 30.1 Å². The van der Waals surface area contributed by atoms with E-state index in [9.17, 15) is 4.79 Å². The molecule has 3 nitrogen and oxygen atoms in total. The van der Waals surface area contributed by atoms with Crippen LogP contribution in [0.25, 0.3) is 0 Å². The molecule has 1 amide bonds. The van der Waals surface area contributed by atoms with Crippen molar-refractivity contribution in [2.24, 2.45) is 0 Å². The molecule has 0 saturated heterocycles. The highest BCUT2D eigenvalue weighted by molar-refractivity contribution is 9.10. The first kappa shape index (κ1) is 16.3. The molecule has 19 heavy (non-hydrogen) atoms. The van der Waals surface area contributed by atoms with E-state index in [1.54, 1.807) is 18.1 Å². The van der Waals surface area contributed by atoms with Crippen LogP contribution < -0.4 is 4.74 Å². The van der Waals surface area contributed by atoms with E-state index in [1.165, 1.54) is 0 Å². The quantitative estimate of drug-likeness (QED) is 0.699. The fourth-order valence-corrected chi connectivity index (χ4v) is 2.35. The number of halogens is 2. The third-order valence-electron chi connectivity index (χ3n) is 2.83. The summed E-state index contributed by atoms with van der Waals surface area (Å²) in [6, 6.07) is 5.39. The Balaban J connectivity index is 2.94. The molecule has 0 bridgehead atoms. The van der Waals surface area contributed by atoms with Gasteiger partial charge in [-0.1, -0.05) is 13.3 Å². The van der Waals surface area contributed by atoms with E-state index in [2.05, 4.69) is 22.9 Å². The zero-order chi connectivity index (χ0) is 14.3. The second kappa shape index (κ2) is 8.43. The predicted octanol–water partition coefficient (Wildman–Crippen LogP) is 3.94. The largest absolute Gasteiger partial charge is 0.497 e. The minimum absolute atomic E-state index is 0.0140. The smallest absolute Gasteiger partial charge is 0.255 e. The van der Waals surface area contributed by atoms with E-state index in [1.807, 2.05) is 12.1 Å². The Morgan fingerprint density at radius 2 is 2.16 bits per heavy atom. The number of ether oxygens (including phenoxy) is 1. The van der Waals surface area contributed by atoms with Crippen molar-refractivity contribution in [3.63, 3.8) is 0 Å². The van der Waals surface area contributed by atoms with Crippen molar-refractivity contribution in [3.8, 4) is 5.75 Å². The lowest BCUT2D eigenvalue weighted by atomic mass is 10.1. The lowest BCUT2D eigenvalue weighted by Crippen LogP contribution is -2.33. The summed E-state index contributed by atoms with van der Waals surface area (Å²) in [5.74, 6) is 1.10. The Kier molecular flexibility index (Phi) is 7.24. The van der Waals surface area contributed by atoms with Crippen LogP contribution in [0.15, 0.2) is 22.7 Å². The number of carbonyl (C=O) groups excluding carboxylic acids is 1. The highest BCUT2D eigenvalue weighted by Crippen LogP contribution is 2.24. The second-order valence-corrected chi connectivity index (χ2v) is 5.41. The SMILES string of the molecule is CCCCN(CCCl)C(=O)c1cc(OC)ccc1Br. The van der Waals surface area contributed by atoms with Gasteiger partial charge in [0.25, 0.3) is 5.91 Å². The van der Waals surface area contributed by atoms with Gasteiger partial charge in [0.05, 0.1) is 12.7 Å². The molecular weight excluding hydrogens is 330 g/mol. The lowest BCUT2D eigenvalue weighted by Gasteiger charge is -2.22. The topological polar surface area (TPSA) is 29.5 Å². The van der Waals surface area contributed by atoms with Crippen molar-refractivity contribution < 1.29 is 9.53 Å². The molecule has 0 radical (unpaired) electrons. The standard InChI is InChI=1S/C14H19BrClNO2/c1-3-4-8-17(9-7-16)14(18)12-10-11(19-2)5-6-13(12)15/h5-6,10H,3-4,7-9H2,1-2H3. The highest BCUT2D eigenvalue weighted by atomic mass is 79.9. The summed E-state index contributed by atoms with van der Waals surface area (Å²) in [6.45, 7) is 3.39. The first-order chi connectivity index (χ1) is 9.13. The number of methoxy groups -OCH3 is 1. The van der Waals surface area contributed by atoms with Gasteiger partial charge < -0.3 is 9.64 Å². The van der Waals surface area contributed by atoms with Crippen molar-refractivity contribution in [2.75, 3.05) is 26.1 Å². The lowest BCUT2D eigenvalue weighted by molar-refractivity contribution is 0.0762. The van der Waals surface area contributed by atoms with E-state index >= 15 is 0 Å². The Labute approximate surface area is 128 Å². The molecular formula is C14H19BrClNO2. The average Bonchev–Trinajstić information content (AvgIpc) is 2.43. The number of amides is 1. The molecule has 0 saturated carbocycles. The van der Waals surface area contributed by atoms with Crippen LogP contribution in [-0.2, 0) is 0 Å². The molecule has 0 unspecified atom stereocenters. The maximum absolute atomic E-state index is 12.5. The molecule has 0 aromatic heterocycles. The number of hydrogen-bond donors (Lipinski definition) is 0. The summed E-state index contributed by atoms with van der Waals surface area (Å²) in [4.78, 5) is 14.3. The van der Waals surface area contributed by atoms with Crippen LogP contribution in [0.4, 0.5) is 0 Å². The minimum Gasteiger partial charge on any atom is -0.497 e. The molecule has 106 valence electrons. The van der Waals surface area contributed by atoms with Gasteiger partial charge in [-0.05, 0) is 40.5 Å². The number of benzene rings is 1. The molecule has 0 aliphatic rings. The van der Waals surface area contributed by atoms with E-state index in [4.69, 9.17) is 16.3 Å². The van der Waals surface area contributed by atoms with Crippen molar-refractivity contribution in [1.29, 1.82) is 0 Å². The number of nitrogens with zero attached hydrogens (tertiary/aromatic N) is 1. The van der Waals surface area contributed by atoms with Crippen LogP contribution in [-0.4, -0.2) is 36.9 Å². The first-order valence-electron chi connectivity index (χ1n) is 6.32. The van der Waals surface area contributed by atoms with Gasteiger partial charge in [0.2, 0.25) is 0 Å².